The summed E-state index contributed by atoms with van der Waals surface area (Å²) in [5, 5.41) is 11.8. The molecule has 0 radical (unpaired) electrons. The van der Waals surface area contributed by atoms with E-state index in [2.05, 4.69) is 17.2 Å². The van der Waals surface area contributed by atoms with Crippen LogP contribution in [0.3, 0.4) is 0 Å². The summed E-state index contributed by atoms with van der Waals surface area (Å²) >= 11 is 5.95. The van der Waals surface area contributed by atoms with E-state index in [1.807, 2.05) is 0 Å². The maximum atomic E-state index is 11.0. The fourth-order valence-corrected chi connectivity index (χ4v) is 2.02. The second-order valence-electron chi connectivity index (χ2n) is 4.83. The van der Waals surface area contributed by atoms with Crippen LogP contribution in [0, 0.1) is 11.8 Å². The van der Waals surface area contributed by atoms with Gasteiger partial charge in [-0.05, 0) is 42.5 Å². The average Bonchev–Trinajstić information content (AvgIpc) is 2.52. The molecule has 0 bridgehead atoms. The van der Waals surface area contributed by atoms with Gasteiger partial charge in [-0.3, -0.25) is 4.79 Å². The number of nitrogens with one attached hydrogen (secondary N) is 1. The van der Waals surface area contributed by atoms with Crippen molar-refractivity contribution in [2.24, 2.45) is 0 Å². The molecule has 2 N–H and O–H groups in total. The molecule has 0 aliphatic rings. The Balaban J connectivity index is 2.21. The Morgan fingerprint density at radius 3 is 2.50 bits per heavy atom. The summed E-state index contributed by atoms with van der Waals surface area (Å²) in [6.07, 6.45) is 0. The molecule has 0 aromatic heterocycles. The largest absolute Gasteiger partial charge is 0.481 e. The monoisotopic (exact) mass is 343 g/mol. The first kappa shape index (κ1) is 17.4. The number of hydrogen-bond donors (Lipinski definition) is 2. The molecule has 6 heteroatoms. The van der Waals surface area contributed by atoms with Crippen LogP contribution in [0.2, 0.25) is 5.02 Å². The molecule has 0 aliphatic heterocycles. The number of carbonyl (C=O) groups is 2. The van der Waals surface area contributed by atoms with E-state index in [0.717, 1.165) is 5.56 Å². The quantitative estimate of drug-likeness (QED) is 0.836. The van der Waals surface area contributed by atoms with Gasteiger partial charge in [0.1, 0.15) is 5.75 Å². The van der Waals surface area contributed by atoms with E-state index in [-0.39, 0.29) is 5.91 Å². The zero-order valence-corrected chi connectivity index (χ0v) is 13.6. The van der Waals surface area contributed by atoms with E-state index in [4.69, 9.17) is 21.4 Å². The van der Waals surface area contributed by atoms with E-state index < -0.39 is 12.6 Å². The van der Waals surface area contributed by atoms with Gasteiger partial charge >= 0.3 is 5.97 Å². The molecule has 24 heavy (non-hydrogen) atoms. The van der Waals surface area contributed by atoms with Gasteiger partial charge in [0.05, 0.1) is 5.56 Å². The van der Waals surface area contributed by atoms with Crippen molar-refractivity contribution in [2.75, 3.05) is 11.9 Å². The standard InChI is InChI=1S/C18H14ClNO4/c1-12(21)20-16-7-3-13(4-8-16)2-5-14-10-15(19)6-9-17(14)24-11-18(22)23/h3-4,6-10H,11H2,1H3,(H,20,21)(H,22,23). The van der Waals surface area contributed by atoms with Gasteiger partial charge in [0.15, 0.2) is 6.61 Å². The second-order valence-corrected chi connectivity index (χ2v) is 5.27. The van der Waals surface area contributed by atoms with Gasteiger partial charge < -0.3 is 15.2 Å². The Morgan fingerprint density at radius 2 is 1.88 bits per heavy atom. The van der Waals surface area contributed by atoms with E-state index in [0.29, 0.717) is 22.0 Å². The van der Waals surface area contributed by atoms with Crippen LogP contribution in [-0.2, 0) is 9.59 Å². The molecule has 0 heterocycles. The van der Waals surface area contributed by atoms with Crippen LogP contribution < -0.4 is 10.1 Å². The highest BCUT2D eigenvalue weighted by Gasteiger charge is 2.05. The summed E-state index contributed by atoms with van der Waals surface area (Å²) in [6, 6.07) is 11.8. The molecule has 0 saturated carbocycles. The molecule has 2 aromatic carbocycles. The van der Waals surface area contributed by atoms with Crippen LogP contribution in [0.15, 0.2) is 42.5 Å². The smallest absolute Gasteiger partial charge is 0.341 e. The van der Waals surface area contributed by atoms with Gasteiger partial charge in [0.2, 0.25) is 5.91 Å². The first-order valence-electron chi connectivity index (χ1n) is 6.98. The lowest BCUT2D eigenvalue weighted by Crippen LogP contribution is -2.10. The minimum absolute atomic E-state index is 0.145. The summed E-state index contributed by atoms with van der Waals surface area (Å²) < 4.78 is 5.20. The maximum Gasteiger partial charge on any atom is 0.341 e. The van der Waals surface area contributed by atoms with Gasteiger partial charge in [-0.1, -0.05) is 23.4 Å². The molecule has 122 valence electrons. The van der Waals surface area contributed by atoms with Crippen molar-refractivity contribution in [3.63, 3.8) is 0 Å². The minimum atomic E-state index is -1.07. The topological polar surface area (TPSA) is 75.6 Å². The lowest BCUT2D eigenvalue weighted by Gasteiger charge is -2.06. The summed E-state index contributed by atoms with van der Waals surface area (Å²) in [5.41, 5.74) is 1.91. The Bertz CT molecular complexity index is 819. The predicted octanol–water partition coefficient (Wildman–Crippen LogP) is 3.16. The maximum absolute atomic E-state index is 11.0. The molecule has 0 aliphatic carbocycles. The third-order valence-corrected chi connectivity index (χ3v) is 3.07. The van der Waals surface area contributed by atoms with Crippen molar-refractivity contribution in [1.82, 2.24) is 0 Å². The highest BCUT2D eigenvalue weighted by atomic mass is 35.5. The van der Waals surface area contributed by atoms with Gasteiger partial charge in [0, 0.05) is 23.2 Å². The number of halogens is 1. The zero-order valence-electron chi connectivity index (χ0n) is 12.8. The summed E-state index contributed by atoms with van der Waals surface area (Å²) in [6.45, 7) is 0.979. The van der Waals surface area contributed by atoms with Gasteiger partial charge in [0.25, 0.3) is 0 Å². The predicted molar refractivity (Wildman–Crippen MR) is 91.3 cm³/mol. The van der Waals surface area contributed by atoms with Crippen LogP contribution in [0.4, 0.5) is 5.69 Å². The fraction of sp³-hybridized carbons (Fsp3) is 0.111. The SMILES string of the molecule is CC(=O)Nc1ccc(C#Cc2cc(Cl)ccc2OCC(=O)O)cc1. The number of carboxylic acid groups (broad SMARTS) is 1. The second kappa shape index (κ2) is 8.04. The summed E-state index contributed by atoms with van der Waals surface area (Å²) in [5.74, 6) is 5.00. The van der Waals surface area contributed by atoms with Crippen LogP contribution >= 0.6 is 11.6 Å². The van der Waals surface area contributed by atoms with Gasteiger partial charge in [-0.2, -0.15) is 0 Å². The lowest BCUT2D eigenvalue weighted by molar-refractivity contribution is -0.139. The molecule has 0 spiro atoms. The minimum Gasteiger partial charge on any atom is -0.481 e. The Morgan fingerprint density at radius 1 is 1.17 bits per heavy atom. The molecular formula is C18H14ClNO4. The molecule has 0 saturated heterocycles. The zero-order chi connectivity index (χ0) is 17.5. The highest BCUT2D eigenvalue weighted by molar-refractivity contribution is 6.30. The molecular weight excluding hydrogens is 330 g/mol. The normalized spacial score (nSPS) is 9.58. The van der Waals surface area contributed by atoms with Crippen LogP contribution in [0.5, 0.6) is 5.75 Å². The van der Waals surface area contributed by atoms with Crippen LogP contribution in [-0.4, -0.2) is 23.6 Å². The fourth-order valence-electron chi connectivity index (χ4n) is 1.84. The molecule has 0 atom stereocenters. The Hall–Kier alpha value is -2.97. The van der Waals surface area contributed by atoms with Gasteiger partial charge in [-0.25, -0.2) is 4.79 Å². The van der Waals surface area contributed by atoms with E-state index in [9.17, 15) is 9.59 Å². The van der Waals surface area contributed by atoms with Gasteiger partial charge in [-0.15, -0.1) is 0 Å². The number of amides is 1. The van der Waals surface area contributed by atoms with E-state index in [1.165, 1.54) is 6.92 Å². The van der Waals surface area contributed by atoms with E-state index >= 15 is 0 Å². The van der Waals surface area contributed by atoms with Crippen molar-refractivity contribution in [2.45, 2.75) is 6.92 Å². The lowest BCUT2D eigenvalue weighted by atomic mass is 10.1. The van der Waals surface area contributed by atoms with Crippen LogP contribution in [0.1, 0.15) is 18.1 Å². The number of benzene rings is 2. The summed E-state index contributed by atoms with van der Waals surface area (Å²) in [7, 11) is 0. The van der Waals surface area contributed by atoms with E-state index in [1.54, 1.807) is 42.5 Å². The third kappa shape index (κ3) is 5.34. The van der Waals surface area contributed by atoms with Crippen molar-refractivity contribution in [3.05, 3.63) is 58.6 Å². The van der Waals surface area contributed by atoms with Crippen LogP contribution in [0.25, 0.3) is 0 Å². The first-order valence-corrected chi connectivity index (χ1v) is 7.35. The first-order chi connectivity index (χ1) is 11.4. The molecule has 0 fully saturated rings. The molecule has 0 unspecified atom stereocenters. The van der Waals surface area contributed by atoms with Crippen molar-refractivity contribution < 1.29 is 19.4 Å². The average molecular weight is 344 g/mol. The van der Waals surface area contributed by atoms with Crippen molar-refractivity contribution in [1.29, 1.82) is 0 Å². The Kier molecular flexibility index (Phi) is 5.83. The number of ether oxygens (including phenoxy) is 1. The molecule has 2 aromatic rings. The molecule has 1 amide bonds. The number of rotatable bonds is 4. The number of carboxylic acids is 1. The number of carbonyl (C=O) groups excluding carboxylic acids is 1. The van der Waals surface area contributed by atoms with Crippen molar-refractivity contribution in [3.8, 4) is 17.6 Å². The third-order valence-electron chi connectivity index (χ3n) is 2.84. The molecule has 2 rings (SSSR count). The summed E-state index contributed by atoms with van der Waals surface area (Å²) in [4.78, 5) is 21.6. The molecule has 5 nitrogen and oxygen atoms in total. The van der Waals surface area contributed by atoms with Crippen molar-refractivity contribution >= 4 is 29.2 Å². The highest BCUT2D eigenvalue weighted by Crippen LogP contribution is 2.22. The number of aliphatic carboxylic acids is 1. The number of hydrogen-bond acceptors (Lipinski definition) is 3. The number of anilines is 1. The Labute approximate surface area is 144 Å².